The van der Waals surface area contributed by atoms with E-state index < -0.39 is 5.91 Å². The maximum absolute atomic E-state index is 12.6. The first-order chi connectivity index (χ1) is 18.7. The van der Waals surface area contributed by atoms with Crippen molar-refractivity contribution in [2.24, 2.45) is 17.6 Å². The number of para-hydroxylation sites is 1. The molecule has 8 nitrogen and oxygen atoms in total. The van der Waals surface area contributed by atoms with Crippen LogP contribution in [0.15, 0.2) is 54.6 Å². The lowest BCUT2D eigenvalue weighted by atomic mass is 9.86. The Morgan fingerprint density at radius 3 is 2.34 bits per heavy atom. The maximum atomic E-state index is 12.6. The van der Waals surface area contributed by atoms with Gasteiger partial charge >= 0.3 is 0 Å². The minimum atomic E-state index is -0.448. The third kappa shape index (κ3) is 5.28. The number of nitrogens with zero attached hydrogens (tertiary/aromatic N) is 3. The Balaban J connectivity index is 1.19. The molecule has 3 aromatic rings. The molecule has 38 heavy (non-hydrogen) atoms. The average molecular weight is 515 g/mol. The van der Waals surface area contributed by atoms with Gasteiger partial charge in [-0.2, -0.15) is 5.10 Å². The van der Waals surface area contributed by atoms with E-state index in [4.69, 9.17) is 15.6 Å². The number of carbonyl (C=O) groups excluding carboxylic acids is 1. The van der Waals surface area contributed by atoms with Crippen molar-refractivity contribution in [3.8, 4) is 22.8 Å². The number of likely N-dealkylation sites (tertiary alicyclic amines) is 1. The van der Waals surface area contributed by atoms with E-state index in [-0.39, 0.29) is 6.04 Å². The zero-order valence-corrected chi connectivity index (χ0v) is 21.9. The number of primary amides is 1. The number of hydrogen-bond donors (Lipinski definition) is 3. The van der Waals surface area contributed by atoms with Crippen LogP contribution in [0.5, 0.6) is 11.5 Å². The van der Waals surface area contributed by atoms with Crippen molar-refractivity contribution in [1.82, 2.24) is 20.0 Å². The van der Waals surface area contributed by atoms with Crippen LogP contribution in [0.25, 0.3) is 11.3 Å². The normalized spacial score (nSPS) is 21.0. The molecule has 4 N–H and O–H groups in total. The van der Waals surface area contributed by atoms with Crippen LogP contribution < -0.4 is 21.1 Å². The number of hydrogen-bond acceptors (Lipinski definition) is 6. The van der Waals surface area contributed by atoms with Crippen molar-refractivity contribution >= 4 is 11.7 Å². The fourth-order valence-corrected chi connectivity index (χ4v) is 6.43. The summed E-state index contributed by atoms with van der Waals surface area (Å²) in [4.78, 5) is 15.3. The fraction of sp³-hybridized carbons (Fsp3) is 0.467. The third-order valence-electron chi connectivity index (χ3n) is 8.46. The van der Waals surface area contributed by atoms with Gasteiger partial charge in [0.1, 0.15) is 28.6 Å². The molecular weight excluding hydrogens is 476 g/mol. The summed E-state index contributed by atoms with van der Waals surface area (Å²) in [5, 5.41) is 11.9. The van der Waals surface area contributed by atoms with Crippen LogP contribution in [0.1, 0.15) is 48.5 Å². The second-order valence-corrected chi connectivity index (χ2v) is 10.9. The Morgan fingerprint density at radius 1 is 0.921 bits per heavy atom. The monoisotopic (exact) mass is 514 g/mol. The Hall–Kier alpha value is -3.36. The van der Waals surface area contributed by atoms with E-state index >= 15 is 0 Å². The number of nitrogens with one attached hydrogen (secondary N) is 2. The van der Waals surface area contributed by atoms with E-state index in [0.717, 1.165) is 67.9 Å². The number of anilines is 1. The lowest BCUT2D eigenvalue weighted by Gasteiger charge is -2.39. The molecule has 8 heteroatoms. The Kier molecular flexibility index (Phi) is 7.33. The number of ether oxygens (including phenoxy) is 1. The van der Waals surface area contributed by atoms with Crippen molar-refractivity contribution < 1.29 is 9.53 Å². The molecule has 3 aliphatic heterocycles. The molecule has 1 atom stereocenters. The van der Waals surface area contributed by atoms with Crippen molar-refractivity contribution in [2.45, 2.75) is 38.1 Å². The van der Waals surface area contributed by atoms with E-state index in [1.165, 1.54) is 32.2 Å². The third-order valence-corrected chi connectivity index (χ3v) is 8.46. The Bertz CT molecular complexity index is 1230. The van der Waals surface area contributed by atoms with Crippen molar-refractivity contribution in [2.75, 3.05) is 44.6 Å². The number of aromatic nitrogens is 2. The molecule has 1 unspecified atom stereocenters. The van der Waals surface area contributed by atoms with Gasteiger partial charge in [0.15, 0.2) is 0 Å². The van der Waals surface area contributed by atoms with Crippen LogP contribution in [0.3, 0.4) is 0 Å². The number of piperidine rings is 2. The number of nitrogens with two attached hydrogens (primary N) is 1. The van der Waals surface area contributed by atoms with E-state index in [1.54, 1.807) is 0 Å². The largest absolute Gasteiger partial charge is 0.457 e. The summed E-state index contributed by atoms with van der Waals surface area (Å²) in [6.07, 6.45) is 5.93. The van der Waals surface area contributed by atoms with Gasteiger partial charge in [0.25, 0.3) is 5.91 Å². The van der Waals surface area contributed by atoms with Crippen molar-refractivity contribution in [3.63, 3.8) is 0 Å². The highest BCUT2D eigenvalue weighted by atomic mass is 16.5. The molecule has 1 aromatic heterocycles. The molecule has 2 saturated heterocycles. The SMILES string of the molecule is NC(=O)c1c(-c2ccc(Oc3ccccc3)cc2)nn2c1NCCC2C1CCN(CC2CCNCC2)CC1. The van der Waals surface area contributed by atoms with E-state index in [9.17, 15) is 4.79 Å². The molecule has 6 rings (SSSR count). The molecule has 0 spiro atoms. The van der Waals surface area contributed by atoms with Gasteiger partial charge in [-0.25, -0.2) is 4.68 Å². The highest BCUT2D eigenvalue weighted by Crippen LogP contribution is 2.40. The molecule has 2 fully saturated rings. The summed E-state index contributed by atoms with van der Waals surface area (Å²) in [5.41, 5.74) is 7.90. The van der Waals surface area contributed by atoms with Gasteiger partial charge < -0.3 is 26.0 Å². The standard InChI is InChI=1S/C30H38N6O2/c31-29(37)27-28(23-6-8-25(9-7-23)38-24-4-2-1-3-5-24)34-36-26(12-17-33-30(27)36)22-13-18-35(19-14-22)20-21-10-15-32-16-11-21/h1-9,21-22,26,32-33H,10-20H2,(H2,31,37). The lowest BCUT2D eigenvalue weighted by molar-refractivity contribution is 0.100. The molecular formula is C30H38N6O2. The first kappa shape index (κ1) is 24.9. The van der Waals surface area contributed by atoms with Gasteiger partial charge in [-0.15, -0.1) is 0 Å². The second kappa shape index (κ2) is 11.2. The van der Waals surface area contributed by atoms with Crippen LogP contribution >= 0.6 is 0 Å². The highest BCUT2D eigenvalue weighted by Gasteiger charge is 2.35. The molecule has 2 aromatic carbocycles. The lowest BCUT2D eigenvalue weighted by Crippen LogP contribution is -2.42. The van der Waals surface area contributed by atoms with E-state index in [2.05, 4.69) is 20.2 Å². The molecule has 0 bridgehead atoms. The van der Waals surface area contributed by atoms with Crippen LogP contribution in [0.2, 0.25) is 0 Å². The second-order valence-electron chi connectivity index (χ2n) is 10.9. The first-order valence-corrected chi connectivity index (χ1v) is 14.1. The van der Waals surface area contributed by atoms with Gasteiger partial charge in [-0.05, 0) is 107 Å². The summed E-state index contributed by atoms with van der Waals surface area (Å²) in [6.45, 7) is 6.67. The average Bonchev–Trinajstić information content (AvgIpc) is 3.35. The molecule has 0 radical (unpaired) electrons. The summed E-state index contributed by atoms with van der Waals surface area (Å²) in [5.74, 6) is 3.22. The predicted molar refractivity (Wildman–Crippen MR) is 150 cm³/mol. The summed E-state index contributed by atoms with van der Waals surface area (Å²) in [7, 11) is 0. The number of amides is 1. The fourth-order valence-electron chi connectivity index (χ4n) is 6.43. The van der Waals surface area contributed by atoms with E-state index in [0.29, 0.717) is 17.2 Å². The van der Waals surface area contributed by atoms with Crippen molar-refractivity contribution in [3.05, 3.63) is 60.2 Å². The van der Waals surface area contributed by atoms with Crippen LogP contribution in [0.4, 0.5) is 5.82 Å². The van der Waals surface area contributed by atoms with Crippen molar-refractivity contribution in [1.29, 1.82) is 0 Å². The zero-order valence-electron chi connectivity index (χ0n) is 21.9. The molecule has 3 aliphatic rings. The zero-order chi connectivity index (χ0) is 25.9. The van der Waals surface area contributed by atoms with Gasteiger partial charge in [0, 0.05) is 18.7 Å². The maximum Gasteiger partial charge on any atom is 0.254 e. The molecule has 0 aliphatic carbocycles. The number of benzene rings is 2. The van der Waals surface area contributed by atoms with Crippen LogP contribution in [0, 0.1) is 11.8 Å². The minimum absolute atomic E-state index is 0.278. The topological polar surface area (TPSA) is 97.4 Å². The molecule has 0 saturated carbocycles. The molecule has 1 amide bonds. The smallest absolute Gasteiger partial charge is 0.254 e. The highest BCUT2D eigenvalue weighted by molar-refractivity contribution is 6.03. The summed E-state index contributed by atoms with van der Waals surface area (Å²) < 4.78 is 8.01. The Labute approximate surface area is 224 Å². The minimum Gasteiger partial charge on any atom is -0.457 e. The van der Waals surface area contributed by atoms with Gasteiger partial charge in [-0.1, -0.05) is 18.2 Å². The first-order valence-electron chi connectivity index (χ1n) is 14.1. The number of fused-ring (bicyclic) bond motifs is 1. The predicted octanol–water partition coefficient (Wildman–Crippen LogP) is 4.51. The number of rotatable bonds is 7. The molecule has 200 valence electrons. The van der Waals surface area contributed by atoms with Crippen LogP contribution in [-0.4, -0.2) is 59.9 Å². The van der Waals surface area contributed by atoms with Gasteiger partial charge in [0.05, 0.1) is 6.04 Å². The van der Waals surface area contributed by atoms with E-state index in [1.807, 2.05) is 54.6 Å². The molecule has 4 heterocycles. The van der Waals surface area contributed by atoms with Gasteiger partial charge in [0.2, 0.25) is 0 Å². The summed E-state index contributed by atoms with van der Waals surface area (Å²) in [6, 6.07) is 17.7. The Morgan fingerprint density at radius 2 is 1.63 bits per heavy atom. The number of carbonyl (C=O) groups is 1. The quantitative estimate of drug-likeness (QED) is 0.429. The van der Waals surface area contributed by atoms with Crippen LogP contribution in [-0.2, 0) is 0 Å². The van der Waals surface area contributed by atoms with Gasteiger partial charge in [-0.3, -0.25) is 4.79 Å². The summed E-state index contributed by atoms with van der Waals surface area (Å²) >= 11 is 0.